The number of phenols is 1. The second-order valence-electron chi connectivity index (χ2n) is 9.98. The summed E-state index contributed by atoms with van der Waals surface area (Å²) in [5, 5.41) is 14.2. The minimum atomic E-state index is -0.109. The van der Waals surface area contributed by atoms with Crippen LogP contribution >= 0.6 is 0 Å². The Hall–Kier alpha value is -2.88. The first-order valence-electron chi connectivity index (χ1n) is 11.1. The number of allylic oxidation sites excluding steroid dienone is 3. The summed E-state index contributed by atoms with van der Waals surface area (Å²) >= 11 is 0. The average Bonchev–Trinajstić information content (AvgIpc) is 2.72. The van der Waals surface area contributed by atoms with Gasteiger partial charge in [-0.3, -0.25) is 0 Å². The zero-order valence-electron chi connectivity index (χ0n) is 19.0. The van der Waals surface area contributed by atoms with E-state index in [0.717, 1.165) is 41.8 Å². The van der Waals surface area contributed by atoms with Crippen LogP contribution in [0.1, 0.15) is 64.2 Å². The molecule has 0 aromatic heterocycles. The van der Waals surface area contributed by atoms with Gasteiger partial charge in [0.25, 0.3) is 0 Å². The molecule has 0 spiro atoms. The van der Waals surface area contributed by atoms with Crippen LogP contribution in [-0.4, -0.2) is 17.8 Å². The lowest BCUT2D eigenvalue weighted by molar-refractivity contribution is 0.0482. The first-order chi connectivity index (χ1) is 14.7. The minimum Gasteiger partial charge on any atom is -0.504 e. The van der Waals surface area contributed by atoms with Crippen LogP contribution in [0.5, 0.6) is 17.2 Å². The molecule has 4 heteroatoms. The van der Waals surface area contributed by atoms with Crippen molar-refractivity contribution < 1.29 is 14.6 Å². The predicted molar refractivity (Wildman–Crippen MR) is 126 cm³/mol. The maximum absolute atomic E-state index is 10.5. The van der Waals surface area contributed by atoms with Gasteiger partial charge < -0.3 is 19.9 Å². The third kappa shape index (κ3) is 3.03. The molecule has 0 saturated carbocycles. The summed E-state index contributed by atoms with van der Waals surface area (Å²) in [5.74, 6) is 1.37. The van der Waals surface area contributed by atoms with Crippen molar-refractivity contribution in [2.45, 2.75) is 58.6 Å². The Morgan fingerprint density at radius 3 is 2.61 bits per heavy atom. The summed E-state index contributed by atoms with van der Waals surface area (Å²) in [6.45, 7) is 8.91. The van der Waals surface area contributed by atoms with Crippen molar-refractivity contribution in [3.05, 3.63) is 53.6 Å². The molecule has 5 rings (SSSR count). The molecule has 2 aromatic rings. The first kappa shape index (κ1) is 20.0. The van der Waals surface area contributed by atoms with Crippen LogP contribution in [0.2, 0.25) is 0 Å². The van der Waals surface area contributed by atoms with Crippen LogP contribution in [0, 0.1) is 5.41 Å². The van der Waals surface area contributed by atoms with Gasteiger partial charge in [-0.15, -0.1) is 0 Å². The molecular weight excluding hydrogens is 386 g/mol. The summed E-state index contributed by atoms with van der Waals surface area (Å²) in [6, 6.07) is 7.85. The standard InChI is InChI=1S/C27H31NO3/c1-16-15-26(2,3)28-18-10-9-17-22-20(12-11-19(29)24(22)30-5)31-25(23(17)21(16)18)27(4)13-7-6-8-14-27/h6-7,9-12,15,25,28-29H,8,13-14H2,1-5H3/t25-,27?/m0/s1. The van der Waals surface area contributed by atoms with Crippen molar-refractivity contribution in [2.24, 2.45) is 5.41 Å². The van der Waals surface area contributed by atoms with Gasteiger partial charge in [0.05, 0.1) is 18.2 Å². The summed E-state index contributed by atoms with van der Waals surface area (Å²) < 4.78 is 12.4. The van der Waals surface area contributed by atoms with Crippen molar-refractivity contribution in [1.82, 2.24) is 0 Å². The summed E-state index contributed by atoms with van der Waals surface area (Å²) in [5.41, 5.74) is 6.59. The lowest BCUT2D eigenvalue weighted by Gasteiger charge is -2.44. The molecule has 2 aromatic carbocycles. The molecule has 2 heterocycles. The Bertz CT molecular complexity index is 1130. The lowest BCUT2D eigenvalue weighted by Crippen LogP contribution is -2.36. The van der Waals surface area contributed by atoms with E-state index in [1.807, 2.05) is 6.07 Å². The number of methoxy groups -OCH3 is 1. The number of benzene rings is 2. The fourth-order valence-electron chi connectivity index (χ4n) is 5.65. The topological polar surface area (TPSA) is 50.7 Å². The van der Waals surface area contributed by atoms with E-state index in [9.17, 15) is 5.11 Å². The van der Waals surface area contributed by atoms with Gasteiger partial charge in [0.1, 0.15) is 11.9 Å². The second-order valence-corrected chi connectivity index (χ2v) is 9.98. The van der Waals surface area contributed by atoms with Gasteiger partial charge in [-0.2, -0.15) is 0 Å². The van der Waals surface area contributed by atoms with Crippen molar-refractivity contribution >= 4 is 11.3 Å². The summed E-state index contributed by atoms with van der Waals surface area (Å²) in [6.07, 6.45) is 9.89. The average molecular weight is 418 g/mol. The van der Waals surface area contributed by atoms with Gasteiger partial charge in [0, 0.05) is 22.2 Å². The van der Waals surface area contributed by atoms with Crippen LogP contribution in [0.15, 0.2) is 42.5 Å². The Labute approximate surface area is 184 Å². The molecule has 0 amide bonds. The highest BCUT2D eigenvalue weighted by Gasteiger charge is 2.44. The van der Waals surface area contributed by atoms with E-state index in [1.54, 1.807) is 13.2 Å². The van der Waals surface area contributed by atoms with Crippen molar-refractivity contribution in [2.75, 3.05) is 12.4 Å². The largest absolute Gasteiger partial charge is 0.504 e. The number of hydrogen-bond donors (Lipinski definition) is 2. The molecule has 0 fully saturated rings. The normalized spacial score (nSPS) is 25.3. The number of fused-ring (bicyclic) bond motifs is 5. The van der Waals surface area contributed by atoms with Gasteiger partial charge in [0.2, 0.25) is 0 Å². The van der Waals surface area contributed by atoms with Gasteiger partial charge in [0.15, 0.2) is 11.5 Å². The van der Waals surface area contributed by atoms with E-state index in [2.05, 4.69) is 63.4 Å². The van der Waals surface area contributed by atoms with E-state index in [4.69, 9.17) is 9.47 Å². The van der Waals surface area contributed by atoms with Crippen LogP contribution in [0.25, 0.3) is 16.7 Å². The SMILES string of the molecule is COc1c(O)ccc2c1-c1ccc3c(c1[C@@H](C1(C)CC=CCC1)O2)C(C)=CC(C)(C)N3. The van der Waals surface area contributed by atoms with E-state index < -0.39 is 0 Å². The highest BCUT2D eigenvalue weighted by molar-refractivity contribution is 5.92. The smallest absolute Gasteiger partial charge is 0.172 e. The summed E-state index contributed by atoms with van der Waals surface area (Å²) in [4.78, 5) is 0. The van der Waals surface area contributed by atoms with E-state index in [1.165, 1.54) is 16.7 Å². The van der Waals surface area contributed by atoms with Crippen molar-refractivity contribution in [3.8, 4) is 28.4 Å². The highest BCUT2D eigenvalue weighted by atomic mass is 16.5. The van der Waals surface area contributed by atoms with Gasteiger partial charge in [-0.25, -0.2) is 0 Å². The number of aromatic hydroxyl groups is 1. The number of hydrogen-bond acceptors (Lipinski definition) is 4. The van der Waals surface area contributed by atoms with Crippen LogP contribution in [0.3, 0.4) is 0 Å². The van der Waals surface area contributed by atoms with Crippen molar-refractivity contribution in [1.29, 1.82) is 0 Å². The molecule has 2 atom stereocenters. The maximum Gasteiger partial charge on any atom is 0.172 e. The maximum atomic E-state index is 10.5. The molecule has 3 aliphatic rings. The monoisotopic (exact) mass is 417 g/mol. The molecule has 162 valence electrons. The summed E-state index contributed by atoms with van der Waals surface area (Å²) in [7, 11) is 1.60. The Morgan fingerprint density at radius 2 is 1.90 bits per heavy atom. The van der Waals surface area contributed by atoms with Gasteiger partial charge in [-0.1, -0.05) is 31.2 Å². The highest BCUT2D eigenvalue weighted by Crippen LogP contribution is 2.59. The number of phenolic OH excluding ortho intramolecular Hbond substituents is 1. The lowest BCUT2D eigenvalue weighted by atomic mass is 9.68. The molecule has 2 N–H and O–H groups in total. The van der Waals surface area contributed by atoms with Crippen LogP contribution in [0.4, 0.5) is 5.69 Å². The third-order valence-electron chi connectivity index (χ3n) is 7.02. The fourth-order valence-corrected chi connectivity index (χ4v) is 5.65. The quantitative estimate of drug-likeness (QED) is 0.524. The molecule has 1 aliphatic carbocycles. The van der Waals surface area contributed by atoms with Crippen LogP contribution < -0.4 is 14.8 Å². The van der Waals surface area contributed by atoms with E-state index in [-0.39, 0.29) is 22.8 Å². The fraction of sp³-hybridized carbons (Fsp3) is 0.407. The van der Waals surface area contributed by atoms with Crippen LogP contribution in [-0.2, 0) is 0 Å². The Balaban J connectivity index is 1.82. The molecule has 0 bridgehead atoms. The van der Waals surface area contributed by atoms with E-state index >= 15 is 0 Å². The predicted octanol–water partition coefficient (Wildman–Crippen LogP) is 6.86. The molecule has 4 nitrogen and oxygen atoms in total. The number of ether oxygens (including phenoxy) is 2. The molecule has 0 radical (unpaired) electrons. The molecular formula is C27H31NO3. The Kier molecular flexibility index (Phi) is 4.40. The van der Waals surface area contributed by atoms with Crippen molar-refractivity contribution in [3.63, 3.8) is 0 Å². The number of nitrogens with one attached hydrogen (secondary N) is 1. The molecule has 31 heavy (non-hydrogen) atoms. The minimum absolute atomic E-state index is 0.0192. The van der Waals surface area contributed by atoms with Gasteiger partial charge >= 0.3 is 0 Å². The zero-order chi connectivity index (χ0) is 22.0. The second kappa shape index (κ2) is 6.81. The molecule has 0 saturated heterocycles. The van der Waals surface area contributed by atoms with Gasteiger partial charge in [-0.05, 0) is 69.4 Å². The third-order valence-corrected chi connectivity index (χ3v) is 7.02. The first-order valence-corrected chi connectivity index (χ1v) is 11.1. The molecule has 2 aliphatic heterocycles. The zero-order valence-corrected chi connectivity index (χ0v) is 19.0. The molecule has 1 unspecified atom stereocenters. The number of rotatable bonds is 2. The number of anilines is 1. The van der Waals surface area contributed by atoms with E-state index in [0.29, 0.717) is 5.75 Å². The Morgan fingerprint density at radius 1 is 1.10 bits per heavy atom.